The molecule has 1 aromatic rings. The summed E-state index contributed by atoms with van der Waals surface area (Å²) in [6.45, 7) is 0. The van der Waals surface area contributed by atoms with E-state index in [0.29, 0.717) is 15.7 Å². The number of nitrogens with zero attached hydrogens (tertiary/aromatic N) is 2. The number of carbonyl (C=O) groups is 2. The highest BCUT2D eigenvalue weighted by Crippen LogP contribution is 2.43. The molecule has 0 radical (unpaired) electrons. The second-order valence-corrected chi connectivity index (χ2v) is 6.16. The van der Waals surface area contributed by atoms with Gasteiger partial charge in [0, 0.05) is 16.0 Å². The van der Waals surface area contributed by atoms with Crippen LogP contribution in [0.5, 0.6) is 0 Å². The van der Waals surface area contributed by atoms with Crippen LogP contribution in [0.25, 0.3) is 0 Å². The van der Waals surface area contributed by atoms with Crippen molar-refractivity contribution >= 4 is 40.8 Å². The maximum atomic E-state index is 12.6. The van der Waals surface area contributed by atoms with Gasteiger partial charge in [-0.15, -0.1) is 0 Å². The first-order chi connectivity index (χ1) is 9.56. The third-order valence-corrected chi connectivity index (χ3v) is 4.58. The number of imide groups is 1. The fraction of sp³-hybridized carbons (Fsp3) is 0.286. The number of benzene rings is 1. The lowest BCUT2D eigenvalue weighted by molar-refractivity contribution is -0.119. The predicted molar refractivity (Wildman–Crippen MR) is 76.0 cm³/mol. The number of amides is 3. The number of anilines is 1. The van der Waals surface area contributed by atoms with Crippen molar-refractivity contribution in [3.63, 3.8) is 0 Å². The van der Waals surface area contributed by atoms with Crippen molar-refractivity contribution in [3.05, 3.63) is 40.4 Å². The molecule has 1 aromatic carbocycles. The number of hydrogen-bond donors (Lipinski definition) is 0. The summed E-state index contributed by atoms with van der Waals surface area (Å²) in [5, 5.41) is 0.808. The van der Waals surface area contributed by atoms with Crippen molar-refractivity contribution in [3.8, 4) is 0 Å². The quantitative estimate of drug-likeness (QED) is 0.591. The molecule has 0 spiro atoms. The lowest BCUT2D eigenvalue weighted by Gasteiger charge is -2.22. The maximum absolute atomic E-state index is 12.6. The van der Waals surface area contributed by atoms with Gasteiger partial charge in [0.05, 0.1) is 11.7 Å². The highest BCUT2D eigenvalue weighted by Gasteiger charge is 2.57. The van der Waals surface area contributed by atoms with Crippen LogP contribution in [0.15, 0.2) is 30.4 Å². The van der Waals surface area contributed by atoms with Gasteiger partial charge in [-0.1, -0.05) is 35.4 Å². The molecular formula is C14H10Cl2N2O2. The van der Waals surface area contributed by atoms with Gasteiger partial charge in [0.2, 0.25) is 0 Å². The molecule has 3 aliphatic rings. The van der Waals surface area contributed by atoms with E-state index in [9.17, 15) is 9.59 Å². The molecule has 4 nitrogen and oxygen atoms in total. The van der Waals surface area contributed by atoms with Crippen LogP contribution in [0.1, 0.15) is 6.42 Å². The zero-order valence-corrected chi connectivity index (χ0v) is 11.8. The molecule has 0 N–H and O–H groups in total. The summed E-state index contributed by atoms with van der Waals surface area (Å²) in [4.78, 5) is 27.9. The number of carbonyl (C=O) groups excluding carboxylic acids is 2. The first kappa shape index (κ1) is 12.2. The van der Waals surface area contributed by atoms with Gasteiger partial charge in [-0.25, -0.2) is 9.69 Å². The third-order valence-electron chi connectivity index (χ3n) is 4.15. The highest BCUT2D eigenvalue weighted by atomic mass is 35.5. The monoisotopic (exact) mass is 308 g/mol. The number of rotatable bonds is 1. The van der Waals surface area contributed by atoms with E-state index in [1.54, 1.807) is 23.1 Å². The van der Waals surface area contributed by atoms with Crippen LogP contribution in [0.3, 0.4) is 0 Å². The number of hydrogen-bond acceptors (Lipinski definition) is 2. The first-order valence-electron chi connectivity index (χ1n) is 6.37. The molecule has 2 fully saturated rings. The average molecular weight is 309 g/mol. The molecule has 2 aliphatic heterocycles. The Morgan fingerprint density at radius 2 is 1.75 bits per heavy atom. The Kier molecular flexibility index (Phi) is 2.44. The van der Waals surface area contributed by atoms with Crippen LogP contribution in [-0.4, -0.2) is 28.9 Å². The summed E-state index contributed by atoms with van der Waals surface area (Å²) in [5.41, 5.74) is 0.436. The molecular weight excluding hydrogens is 299 g/mol. The van der Waals surface area contributed by atoms with Gasteiger partial charge in [0.25, 0.3) is 5.91 Å². The lowest BCUT2D eigenvalue weighted by atomic mass is 10.0. The van der Waals surface area contributed by atoms with E-state index >= 15 is 0 Å². The largest absolute Gasteiger partial charge is 0.332 e. The normalized spacial score (nSPS) is 30.6. The number of halogens is 2. The third kappa shape index (κ3) is 1.49. The summed E-state index contributed by atoms with van der Waals surface area (Å²) in [6.07, 6.45) is 4.89. The molecule has 0 unspecified atom stereocenters. The van der Waals surface area contributed by atoms with Gasteiger partial charge >= 0.3 is 6.03 Å². The van der Waals surface area contributed by atoms with Gasteiger partial charge in [0.15, 0.2) is 0 Å². The molecule has 1 aliphatic carbocycles. The lowest BCUT2D eigenvalue weighted by Crippen LogP contribution is -2.38. The average Bonchev–Trinajstić information content (AvgIpc) is 3.02. The van der Waals surface area contributed by atoms with E-state index in [2.05, 4.69) is 0 Å². The number of fused-ring (bicyclic) bond motifs is 5. The second-order valence-electron chi connectivity index (χ2n) is 5.29. The Labute approximate surface area is 125 Å². The maximum Gasteiger partial charge on any atom is 0.332 e. The molecule has 3 atom stereocenters. The van der Waals surface area contributed by atoms with Gasteiger partial charge in [-0.05, 0) is 24.6 Å². The predicted octanol–water partition coefficient (Wildman–Crippen LogP) is 3.09. The SMILES string of the molecule is O=C1[C@H]2[C@@H]3C=C[C@@H](C3)N2C(=O)N1c1cc(Cl)cc(Cl)c1. The minimum Gasteiger partial charge on any atom is -0.305 e. The highest BCUT2D eigenvalue weighted by molar-refractivity contribution is 6.35. The topological polar surface area (TPSA) is 40.6 Å². The van der Waals surface area contributed by atoms with Crippen LogP contribution in [0, 0.1) is 5.92 Å². The Balaban J connectivity index is 1.78. The van der Waals surface area contributed by atoms with Crippen molar-refractivity contribution in [2.24, 2.45) is 5.92 Å². The minimum absolute atomic E-state index is 0.0427. The smallest absolute Gasteiger partial charge is 0.305 e. The van der Waals surface area contributed by atoms with Crippen LogP contribution in [-0.2, 0) is 4.79 Å². The van der Waals surface area contributed by atoms with E-state index in [4.69, 9.17) is 23.2 Å². The van der Waals surface area contributed by atoms with E-state index in [1.807, 2.05) is 12.2 Å². The Morgan fingerprint density at radius 3 is 2.40 bits per heavy atom. The molecule has 102 valence electrons. The van der Waals surface area contributed by atoms with E-state index in [-0.39, 0.29) is 29.9 Å². The van der Waals surface area contributed by atoms with Gasteiger partial charge in [0.1, 0.15) is 6.04 Å². The zero-order valence-electron chi connectivity index (χ0n) is 10.3. The van der Waals surface area contributed by atoms with E-state index in [1.165, 1.54) is 4.90 Å². The minimum atomic E-state index is -0.366. The van der Waals surface area contributed by atoms with Gasteiger partial charge in [-0.2, -0.15) is 0 Å². The molecule has 0 saturated carbocycles. The summed E-state index contributed by atoms with van der Waals surface area (Å²) in [5.74, 6) is -0.0544. The van der Waals surface area contributed by atoms with Crippen LogP contribution in [0.2, 0.25) is 10.0 Å². The zero-order chi connectivity index (χ0) is 14.0. The Morgan fingerprint density at radius 1 is 1.05 bits per heavy atom. The molecule has 6 heteroatoms. The summed E-state index contributed by atoms with van der Waals surface area (Å²) in [7, 11) is 0. The van der Waals surface area contributed by atoms with Crippen molar-refractivity contribution in [1.82, 2.24) is 4.90 Å². The van der Waals surface area contributed by atoms with Crippen molar-refractivity contribution in [1.29, 1.82) is 0 Å². The van der Waals surface area contributed by atoms with Crippen molar-refractivity contribution < 1.29 is 9.59 Å². The van der Waals surface area contributed by atoms with Crippen molar-refractivity contribution in [2.75, 3.05) is 4.90 Å². The summed E-state index contributed by atoms with van der Waals surface area (Å²) < 4.78 is 0. The summed E-state index contributed by atoms with van der Waals surface area (Å²) in [6, 6.07) is 4.14. The molecule has 2 saturated heterocycles. The van der Waals surface area contributed by atoms with Crippen LogP contribution >= 0.6 is 23.2 Å². The van der Waals surface area contributed by atoms with Crippen molar-refractivity contribution in [2.45, 2.75) is 18.5 Å². The molecule has 0 aromatic heterocycles. The first-order valence-corrected chi connectivity index (χ1v) is 7.12. The summed E-state index contributed by atoms with van der Waals surface area (Å²) >= 11 is 11.9. The molecule has 20 heavy (non-hydrogen) atoms. The van der Waals surface area contributed by atoms with E-state index < -0.39 is 0 Å². The Bertz CT molecular complexity index is 623. The fourth-order valence-electron chi connectivity index (χ4n) is 3.37. The van der Waals surface area contributed by atoms with E-state index in [0.717, 1.165) is 6.42 Å². The van der Waals surface area contributed by atoms with Gasteiger partial charge < -0.3 is 4.90 Å². The molecule has 4 rings (SSSR count). The molecule has 3 amide bonds. The number of urea groups is 1. The standard InChI is InChI=1S/C14H10Cl2N2O2/c15-8-4-9(16)6-11(5-8)18-13(19)12-7-1-2-10(3-7)17(12)14(18)20/h1-2,4-7,10,12H,3H2/t7-,10+,12-/m1/s1. The second kappa shape index (κ2) is 3.99. The van der Waals surface area contributed by atoms with Gasteiger partial charge in [-0.3, -0.25) is 4.79 Å². The van der Waals surface area contributed by atoms with Crippen LogP contribution in [0.4, 0.5) is 10.5 Å². The fourth-order valence-corrected chi connectivity index (χ4v) is 3.89. The molecule has 2 bridgehead atoms. The molecule has 2 heterocycles. The Hall–Kier alpha value is -1.52. The van der Waals surface area contributed by atoms with Crippen LogP contribution < -0.4 is 4.90 Å².